The van der Waals surface area contributed by atoms with Crippen LogP contribution in [0.2, 0.25) is 0 Å². The third kappa shape index (κ3) is 14.1. The molecule has 330 valence electrons. The Bertz CT molecular complexity index is 2320. The highest BCUT2D eigenvalue weighted by Crippen LogP contribution is 2.29. The second-order valence-electron chi connectivity index (χ2n) is 14.7. The summed E-state index contributed by atoms with van der Waals surface area (Å²) in [5, 5.41) is 32.1. The van der Waals surface area contributed by atoms with Crippen molar-refractivity contribution in [2.45, 2.75) is 105 Å². The second-order valence-corrected chi connectivity index (χ2v) is 14.7. The summed E-state index contributed by atoms with van der Waals surface area (Å²) in [4.78, 5) is 8.66. The van der Waals surface area contributed by atoms with Crippen LogP contribution in [0.25, 0.3) is 22.6 Å². The number of aromatic nitrogens is 6. The van der Waals surface area contributed by atoms with E-state index < -0.39 is 6.10 Å². The van der Waals surface area contributed by atoms with Gasteiger partial charge in [0.25, 0.3) is 0 Å². The van der Waals surface area contributed by atoms with Gasteiger partial charge in [-0.1, -0.05) is 48.8 Å². The average Bonchev–Trinajstić information content (AvgIpc) is 4.02. The van der Waals surface area contributed by atoms with Crippen LogP contribution in [0.3, 0.4) is 0 Å². The van der Waals surface area contributed by atoms with E-state index in [-0.39, 0.29) is 27.2 Å². The molecule has 1 saturated heterocycles. The predicted octanol–water partition coefficient (Wildman–Crippen LogP) is 8.84. The van der Waals surface area contributed by atoms with Crippen LogP contribution >= 0.6 is 0 Å². The molecule has 0 bridgehead atoms. The Morgan fingerprint density at radius 3 is 1.58 bits per heavy atom. The lowest BCUT2D eigenvalue weighted by Crippen LogP contribution is -2.24. The van der Waals surface area contributed by atoms with E-state index in [0.717, 1.165) is 91.1 Å². The fourth-order valence-corrected chi connectivity index (χ4v) is 6.40. The number of aliphatic hydroxyl groups is 3. The maximum atomic E-state index is 9.72. The summed E-state index contributed by atoms with van der Waals surface area (Å²) < 4.78 is 26.8. The predicted molar refractivity (Wildman–Crippen MR) is 239 cm³/mol. The number of rotatable bonds is 10. The van der Waals surface area contributed by atoms with E-state index in [1.54, 1.807) is 19.3 Å². The van der Waals surface area contributed by atoms with Gasteiger partial charge in [0.1, 0.15) is 35.2 Å². The largest absolute Gasteiger partial charge is 0.400 e. The molecule has 3 aliphatic rings. The zero-order chi connectivity index (χ0) is 42.3. The SMILES string of the molecule is C.C.CO.CO.C[C@H](O)c1nccn1Cc1cc(-c2ccc(C#CC3CC3)cc2)on1.C[C@H](OC1CCCCO1)c1nccn1Cc1cc(-c2ccc(C#CC3CC3)cc2)on1. The number of benzene rings is 2. The Morgan fingerprint density at radius 2 is 1.15 bits per heavy atom. The van der Waals surface area contributed by atoms with Crippen LogP contribution < -0.4 is 0 Å². The molecule has 5 heterocycles. The Morgan fingerprint density at radius 1 is 0.677 bits per heavy atom. The van der Waals surface area contributed by atoms with E-state index in [4.69, 9.17) is 28.7 Å². The number of hydrogen-bond donors (Lipinski definition) is 3. The molecule has 2 aromatic carbocycles. The smallest absolute Gasteiger partial charge is 0.167 e. The van der Waals surface area contributed by atoms with Gasteiger partial charge in [-0.15, -0.1) is 0 Å². The first-order valence-corrected chi connectivity index (χ1v) is 20.5. The average molecular weight is 847 g/mol. The minimum Gasteiger partial charge on any atom is -0.400 e. The molecular formula is C49H62N6O7. The molecule has 2 aliphatic carbocycles. The lowest BCUT2D eigenvalue weighted by molar-refractivity contribution is -0.188. The third-order valence-electron chi connectivity index (χ3n) is 9.84. The third-order valence-corrected chi connectivity index (χ3v) is 9.84. The van der Waals surface area contributed by atoms with Crippen molar-refractivity contribution >= 4 is 0 Å². The zero-order valence-corrected chi connectivity index (χ0v) is 34.7. The second kappa shape index (κ2) is 24.6. The quantitative estimate of drug-likeness (QED) is 0.113. The van der Waals surface area contributed by atoms with Gasteiger partial charge in [-0.3, -0.25) is 0 Å². The normalized spacial score (nSPS) is 16.0. The molecule has 1 aliphatic heterocycles. The Kier molecular flexibility index (Phi) is 19.4. The van der Waals surface area contributed by atoms with Gasteiger partial charge in [0.05, 0.1) is 13.1 Å². The van der Waals surface area contributed by atoms with Crippen molar-refractivity contribution in [3.8, 4) is 46.3 Å². The number of aliphatic hydroxyl groups excluding tert-OH is 3. The molecular weight excluding hydrogens is 785 g/mol. The topological polar surface area (TPSA) is 167 Å². The molecule has 1 unspecified atom stereocenters. The molecule has 0 radical (unpaired) electrons. The lowest BCUT2D eigenvalue weighted by Gasteiger charge is -2.26. The van der Waals surface area contributed by atoms with Crippen molar-refractivity contribution in [3.05, 3.63) is 120 Å². The van der Waals surface area contributed by atoms with E-state index in [1.165, 1.54) is 25.7 Å². The van der Waals surface area contributed by atoms with Gasteiger partial charge < -0.3 is 43.0 Å². The molecule has 9 rings (SSSR count). The fraction of sp³-hybridized carbons (Fsp3) is 0.429. The van der Waals surface area contributed by atoms with E-state index >= 15 is 0 Å². The maximum absolute atomic E-state index is 9.72. The van der Waals surface area contributed by atoms with Gasteiger partial charge in [0.2, 0.25) is 0 Å². The summed E-state index contributed by atoms with van der Waals surface area (Å²) in [5.74, 6) is 17.1. The molecule has 2 saturated carbocycles. The van der Waals surface area contributed by atoms with Gasteiger partial charge in [0.15, 0.2) is 17.8 Å². The summed E-state index contributed by atoms with van der Waals surface area (Å²) >= 11 is 0. The van der Waals surface area contributed by atoms with Gasteiger partial charge >= 0.3 is 0 Å². The van der Waals surface area contributed by atoms with Crippen LogP contribution in [0.1, 0.15) is 120 Å². The highest BCUT2D eigenvalue weighted by Gasteiger charge is 2.22. The van der Waals surface area contributed by atoms with Crippen molar-refractivity contribution < 1.29 is 33.8 Å². The minimum atomic E-state index is -0.620. The van der Waals surface area contributed by atoms with Crippen molar-refractivity contribution in [1.82, 2.24) is 29.4 Å². The zero-order valence-electron chi connectivity index (χ0n) is 34.7. The van der Waals surface area contributed by atoms with Crippen LogP contribution in [-0.2, 0) is 22.6 Å². The number of imidazole rings is 2. The molecule has 6 aromatic rings. The van der Waals surface area contributed by atoms with Crippen molar-refractivity contribution in [3.63, 3.8) is 0 Å². The Labute approximate surface area is 366 Å². The first kappa shape index (κ1) is 48.9. The van der Waals surface area contributed by atoms with Crippen LogP contribution in [-0.4, -0.2) is 71.9 Å². The van der Waals surface area contributed by atoms with Gasteiger partial charge in [0, 0.05) is 91.8 Å². The number of nitrogens with zero attached hydrogens (tertiary/aromatic N) is 6. The van der Waals surface area contributed by atoms with Crippen LogP contribution in [0.15, 0.2) is 94.5 Å². The van der Waals surface area contributed by atoms with Gasteiger partial charge in [-0.2, -0.15) is 0 Å². The first-order chi connectivity index (χ1) is 29.4. The first-order valence-electron chi connectivity index (χ1n) is 20.5. The minimum absolute atomic E-state index is 0. The van der Waals surface area contributed by atoms with Crippen molar-refractivity contribution in [2.24, 2.45) is 11.8 Å². The highest BCUT2D eigenvalue weighted by atomic mass is 16.7. The Balaban J connectivity index is 0.000000249. The summed E-state index contributed by atoms with van der Waals surface area (Å²) in [7, 11) is 2.00. The van der Waals surface area contributed by atoms with Gasteiger partial charge in [-0.05, 0) is 107 Å². The molecule has 0 spiro atoms. The standard InChI is InChI=1S/C25H27N3O3.C20H19N3O2.2CH4O.2CH4/c1-18(30-24-4-2-3-15-29-24)25-26-13-14-28(25)17-22-16-23(31-27-22)21-11-9-20(10-12-21)8-7-19-5-6-19;1-14(24)20-21-10-11-23(20)13-18-12-19(25-22-18)17-8-6-16(7-9-17)5-4-15-2-3-15;2*1-2;;/h9-14,16,18-19,24H,2-6,15,17H2,1H3;6-12,14-15,24H,2-3,13H2,1H3;2*2H,1H3;2*1H4/t18-,24?;14-;;;;/m00..../s1. The van der Waals surface area contributed by atoms with E-state index in [0.29, 0.717) is 30.7 Å². The molecule has 62 heavy (non-hydrogen) atoms. The van der Waals surface area contributed by atoms with Crippen molar-refractivity contribution in [1.29, 1.82) is 0 Å². The summed E-state index contributed by atoms with van der Waals surface area (Å²) in [6, 6.07) is 20.0. The molecule has 13 heteroatoms. The number of hydrogen-bond acceptors (Lipinski definition) is 11. The molecule has 3 N–H and O–H groups in total. The summed E-state index contributed by atoms with van der Waals surface area (Å²) in [6.07, 6.45) is 14.4. The lowest BCUT2D eigenvalue weighted by atomic mass is 10.1. The summed E-state index contributed by atoms with van der Waals surface area (Å²) in [5.41, 5.74) is 5.65. The summed E-state index contributed by atoms with van der Waals surface area (Å²) in [6.45, 7) is 5.55. The van der Waals surface area contributed by atoms with Crippen molar-refractivity contribution in [2.75, 3.05) is 20.8 Å². The molecule has 0 amide bonds. The van der Waals surface area contributed by atoms with Crippen LogP contribution in [0.4, 0.5) is 0 Å². The monoisotopic (exact) mass is 846 g/mol. The Hall–Kier alpha value is -5.80. The van der Waals surface area contributed by atoms with Crippen LogP contribution in [0.5, 0.6) is 0 Å². The van der Waals surface area contributed by atoms with E-state index in [9.17, 15) is 5.11 Å². The molecule has 3 atom stereocenters. The van der Waals surface area contributed by atoms with E-state index in [1.807, 2.05) is 89.1 Å². The molecule has 13 nitrogen and oxygen atoms in total. The highest BCUT2D eigenvalue weighted by molar-refractivity contribution is 5.60. The molecule has 4 aromatic heterocycles. The maximum Gasteiger partial charge on any atom is 0.167 e. The van der Waals surface area contributed by atoms with Gasteiger partial charge in [-0.25, -0.2) is 9.97 Å². The van der Waals surface area contributed by atoms with E-state index in [2.05, 4.69) is 44.0 Å². The molecule has 3 fully saturated rings. The number of ether oxygens (including phenoxy) is 2. The fourth-order valence-electron chi connectivity index (χ4n) is 6.40. The van der Waals surface area contributed by atoms with Crippen LogP contribution in [0, 0.1) is 35.5 Å².